The predicted molar refractivity (Wildman–Crippen MR) is 113 cm³/mol. The van der Waals surface area contributed by atoms with Crippen LogP contribution < -0.4 is 5.32 Å². The molecule has 0 unspecified atom stereocenters. The molecule has 1 N–H and O–H groups in total. The Bertz CT molecular complexity index is 817. The summed E-state index contributed by atoms with van der Waals surface area (Å²) in [5.41, 5.74) is 3.00. The van der Waals surface area contributed by atoms with Crippen LogP contribution in [0.25, 0.3) is 6.08 Å². The lowest BCUT2D eigenvalue weighted by atomic mass is 10.0. The Hall–Kier alpha value is -2.88. The zero-order valence-electron chi connectivity index (χ0n) is 16.6. The fraction of sp³-hybridized carbons (Fsp3) is 0.333. The van der Waals surface area contributed by atoms with Crippen molar-refractivity contribution in [3.8, 4) is 0 Å². The molecular formula is C24H28N2O2. The van der Waals surface area contributed by atoms with E-state index in [2.05, 4.69) is 31.3 Å². The zero-order chi connectivity index (χ0) is 19.9. The molecule has 146 valence electrons. The minimum Gasteiger partial charge on any atom is -0.349 e. The Labute approximate surface area is 167 Å². The molecule has 1 fully saturated rings. The van der Waals surface area contributed by atoms with Gasteiger partial charge in [0, 0.05) is 30.8 Å². The van der Waals surface area contributed by atoms with Gasteiger partial charge in [0.05, 0.1) is 0 Å². The van der Waals surface area contributed by atoms with Gasteiger partial charge in [0.1, 0.15) is 0 Å². The summed E-state index contributed by atoms with van der Waals surface area (Å²) in [7, 11) is 0. The number of hydrogen-bond acceptors (Lipinski definition) is 2. The lowest BCUT2D eigenvalue weighted by molar-refractivity contribution is -0.126. The number of nitrogens with zero attached hydrogens (tertiary/aromatic N) is 1. The summed E-state index contributed by atoms with van der Waals surface area (Å²) in [6.45, 7) is 5.66. The third-order valence-electron chi connectivity index (χ3n) is 5.20. The highest BCUT2D eigenvalue weighted by Crippen LogP contribution is 2.16. The van der Waals surface area contributed by atoms with Gasteiger partial charge in [0.2, 0.25) is 5.91 Å². The average molecular weight is 377 g/mol. The monoisotopic (exact) mass is 376 g/mol. The third kappa shape index (κ3) is 5.32. The number of carbonyl (C=O) groups is 2. The standard InChI is InChI=1S/C24H28N2O2/c1-18(2)20-11-8-19(9-12-20)10-13-23(27)26-16-14-22(15-17-26)25-24(28)21-6-4-3-5-7-21/h3-13,18,22H,14-17H2,1-2H3,(H,25,28)/b13-10+. The average Bonchev–Trinajstić information content (AvgIpc) is 2.73. The highest BCUT2D eigenvalue weighted by molar-refractivity contribution is 5.94. The number of hydrogen-bond donors (Lipinski definition) is 1. The molecule has 0 radical (unpaired) electrons. The van der Waals surface area contributed by atoms with Gasteiger partial charge in [-0.1, -0.05) is 56.3 Å². The molecule has 4 heteroatoms. The maximum absolute atomic E-state index is 12.4. The van der Waals surface area contributed by atoms with Crippen LogP contribution in [0.15, 0.2) is 60.7 Å². The van der Waals surface area contributed by atoms with Crippen LogP contribution in [-0.2, 0) is 4.79 Å². The Morgan fingerprint density at radius 1 is 1.00 bits per heavy atom. The van der Waals surface area contributed by atoms with E-state index in [1.165, 1.54) is 5.56 Å². The Kier molecular flexibility index (Phi) is 6.64. The van der Waals surface area contributed by atoms with E-state index in [4.69, 9.17) is 0 Å². The van der Waals surface area contributed by atoms with E-state index in [-0.39, 0.29) is 17.9 Å². The first-order valence-corrected chi connectivity index (χ1v) is 9.96. The van der Waals surface area contributed by atoms with Crippen molar-refractivity contribution in [2.24, 2.45) is 0 Å². The molecule has 0 aliphatic carbocycles. The van der Waals surface area contributed by atoms with Crippen LogP contribution in [0.4, 0.5) is 0 Å². The topological polar surface area (TPSA) is 49.4 Å². The molecule has 2 amide bonds. The summed E-state index contributed by atoms with van der Waals surface area (Å²) in [6.07, 6.45) is 5.07. The number of carbonyl (C=O) groups excluding carboxylic acids is 2. The summed E-state index contributed by atoms with van der Waals surface area (Å²) in [4.78, 5) is 26.6. The van der Waals surface area contributed by atoms with E-state index >= 15 is 0 Å². The minimum absolute atomic E-state index is 0.0285. The van der Waals surface area contributed by atoms with Crippen molar-refractivity contribution in [1.82, 2.24) is 10.2 Å². The van der Waals surface area contributed by atoms with Gasteiger partial charge in [-0.3, -0.25) is 9.59 Å². The largest absolute Gasteiger partial charge is 0.349 e. The quantitative estimate of drug-likeness (QED) is 0.794. The highest BCUT2D eigenvalue weighted by atomic mass is 16.2. The smallest absolute Gasteiger partial charge is 0.251 e. The number of amides is 2. The molecule has 0 saturated carbocycles. The molecule has 0 aromatic heterocycles. The zero-order valence-corrected chi connectivity index (χ0v) is 16.6. The highest BCUT2D eigenvalue weighted by Gasteiger charge is 2.23. The molecule has 3 rings (SSSR count). The van der Waals surface area contributed by atoms with Crippen LogP contribution in [0.2, 0.25) is 0 Å². The predicted octanol–water partition coefficient (Wildman–Crippen LogP) is 4.24. The Balaban J connectivity index is 1.47. The maximum Gasteiger partial charge on any atom is 0.251 e. The van der Waals surface area contributed by atoms with Gasteiger partial charge in [-0.2, -0.15) is 0 Å². The van der Waals surface area contributed by atoms with Crippen LogP contribution in [0.1, 0.15) is 54.1 Å². The summed E-state index contributed by atoms with van der Waals surface area (Å²) in [6, 6.07) is 17.7. The second-order valence-corrected chi connectivity index (χ2v) is 7.59. The van der Waals surface area contributed by atoms with Crippen molar-refractivity contribution in [2.75, 3.05) is 13.1 Å². The van der Waals surface area contributed by atoms with E-state index in [0.717, 1.165) is 18.4 Å². The van der Waals surface area contributed by atoms with Crippen molar-refractivity contribution < 1.29 is 9.59 Å². The van der Waals surface area contributed by atoms with Crippen LogP contribution in [0.5, 0.6) is 0 Å². The van der Waals surface area contributed by atoms with Crippen LogP contribution in [-0.4, -0.2) is 35.8 Å². The van der Waals surface area contributed by atoms with E-state index < -0.39 is 0 Å². The molecule has 1 heterocycles. The van der Waals surface area contributed by atoms with Gasteiger partial charge in [-0.05, 0) is 48.1 Å². The fourth-order valence-electron chi connectivity index (χ4n) is 3.37. The molecule has 2 aromatic rings. The normalized spacial score (nSPS) is 15.2. The molecule has 2 aromatic carbocycles. The van der Waals surface area contributed by atoms with Crippen LogP contribution in [0, 0.1) is 0 Å². The molecule has 1 saturated heterocycles. The number of benzene rings is 2. The lowest BCUT2D eigenvalue weighted by Crippen LogP contribution is -2.46. The first-order chi connectivity index (χ1) is 13.5. The van der Waals surface area contributed by atoms with Gasteiger partial charge in [-0.25, -0.2) is 0 Å². The summed E-state index contributed by atoms with van der Waals surface area (Å²) < 4.78 is 0. The van der Waals surface area contributed by atoms with E-state index in [9.17, 15) is 9.59 Å². The van der Waals surface area contributed by atoms with E-state index in [0.29, 0.717) is 24.6 Å². The van der Waals surface area contributed by atoms with Crippen molar-refractivity contribution in [3.05, 3.63) is 77.4 Å². The van der Waals surface area contributed by atoms with Crippen molar-refractivity contribution in [3.63, 3.8) is 0 Å². The summed E-state index contributed by atoms with van der Waals surface area (Å²) in [5, 5.41) is 3.07. The van der Waals surface area contributed by atoms with Gasteiger partial charge >= 0.3 is 0 Å². The van der Waals surface area contributed by atoms with Gasteiger partial charge in [0.25, 0.3) is 5.91 Å². The maximum atomic E-state index is 12.4. The first-order valence-electron chi connectivity index (χ1n) is 9.96. The number of likely N-dealkylation sites (tertiary alicyclic amines) is 1. The molecule has 4 nitrogen and oxygen atoms in total. The van der Waals surface area contributed by atoms with Crippen molar-refractivity contribution >= 4 is 17.9 Å². The van der Waals surface area contributed by atoms with Gasteiger partial charge in [0.15, 0.2) is 0 Å². The van der Waals surface area contributed by atoms with Crippen LogP contribution in [0.3, 0.4) is 0 Å². The van der Waals surface area contributed by atoms with E-state index in [1.807, 2.05) is 53.4 Å². The first kappa shape index (κ1) is 19.9. The van der Waals surface area contributed by atoms with Crippen LogP contribution >= 0.6 is 0 Å². The Morgan fingerprint density at radius 3 is 2.25 bits per heavy atom. The number of piperidine rings is 1. The molecule has 0 bridgehead atoms. The minimum atomic E-state index is -0.0462. The fourth-order valence-corrected chi connectivity index (χ4v) is 3.37. The van der Waals surface area contributed by atoms with Gasteiger partial charge < -0.3 is 10.2 Å². The van der Waals surface area contributed by atoms with Crippen molar-refractivity contribution in [2.45, 2.75) is 38.6 Å². The molecule has 1 aliphatic heterocycles. The SMILES string of the molecule is CC(C)c1ccc(/C=C/C(=O)N2CCC(NC(=O)c3ccccc3)CC2)cc1. The molecule has 0 spiro atoms. The third-order valence-corrected chi connectivity index (χ3v) is 5.20. The summed E-state index contributed by atoms with van der Waals surface area (Å²) >= 11 is 0. The molecule has 28 heavy (non-hydrogen) atoms. The molecular weight excluding hydrogens is 348 g/mol. The summed E-state index contributed by atoms with van der Waals surface area (Å²) in [5.74, 6) is 0.485. The Morgan fingerprint density at radius 2 is 1.64 bits per heavy atom. The second-order valence-electron chi connectivity index (χ2n) is 7.59. The second kappa shape index (κ2) is 9.36. The molecule has 0 atom stereocenters. The lowest BCUT2D eigenvalue weighted by Gasteiger charge is -2.31. The van der Waals surface area contributed by atoms with E-state index in [1.54, 1.807) is 6.08 Å². The number of nitrogens with one attached hydrogen (secondary N) is 1. The van der Waals surface area contributed by atoms with Gasteiger partial charge in [-0.15, -0.1) is 0 Å². The molecule has 1 aliphatic rings. The number of rotatable bonds is 5. The van der Waals surface area contributed by atoms with Crippen molar-refractivity contribution in [1.29, 1.82) is 0 Å².